The van der Waals surface area contributed by atoms with Crippen LogP contribution in [-0.2, 0) is 9.53 Å². The number of rotatable bonds is 3. The molecule has 0 saturated heterocycles. The molecule has 0 fully saturated rings. The number of nitrogens with zero attached hydrogens (tertiary/aromatic N) is 2. The number of aromatic nitrogens is 1. The highest BCUT2D eigenvalue weighted by atomic mass is 32.1. The summed E-state index contributed by atoms with van der Waals surface area (Å²) in [6, 6.07) is 4.38. The van der Waals surface area contributed by atoms with Crippen LogP contribution in [0.4, 0.5) is 0 Å². The van der Waals surface area contributed by atoms with E-state index in [-0.39, 0.29) is 0 Å². The number of pyridine rings is 1. The molecule has 4 nitrogen and oxygen atoms in total. The van der Waals surface area contributed by atoms with Gasteiger partial charge in [-0.3, -0.25) is 4.98 Å². The van der Waals surface area contributed by atoms with Gasteiger partial charge in [-0.1, -0.05) is 6.07 Å². The molecule has 1 aromatic rings. The maximum absolute atomic E-state index is 11.3. The normalized spacial score (nSPS) is 11.2. The van der Waals surface area contributed by atoms with Crippen molar-refractivity contribution < 1.29 is 9.53 Å². The van der Waals surface area contributed by atoms with E-state index < -0.39 is 12.0 Å². The topological polar surface area (TPSA) is 51.5 Å². The second kappa shape index (κ2) is 5.21. The van der Waals surface area contributed by atoms with Crippen LogP contribution in [0.2, 0.25) is 0 Å². The van der Waals surface area contributed by atoms with Gasteiger partial charge in [0.1, 0.15) is 0 Å². The zero-order valence-corrected chi connectivity index (χ0v) is 8.32. The lowest BCUT2D eigenvalue weighted by atomic mass is 10.2. The standard InChI is InChI=1S/C9H8N2O2S/c1-13-9(12)8(11-6-14)7-4-2-3-5-10-7/h2-5,8H,1H3. The fourth-order valence-corrected chi connectivity index (χ4v) is 1.05. The fourth-order valence-electron chi connectivity index (χ4n) is 0.942. The molecule has 0 saturated carbocycles. The van der Waals surface area contributed by atoms with Crippen molar-refractivity contribution in [3.8, 4) is 0 Å². The lowest BCUT2D eigenvalue weighted by Gasteiger charge is -2.06. The minimum Gasteiger partial charge on any atom is -0.467 e. The molecule has 1 heterocycles. The number of carbonyl (C=O) groups is 1. The van der Waals surface area contributed by atoms with Gasteiger partial charge in [0.05, 0.1) is 18.0 Å². The first-order valence-electron chi connectivity index (χ1n) is 3.85. The monoisotopic (exact) mass is 208 g/mol. The van der Waals surface area contributed by atoms with E-state index >= 15 is 0 Å². The Bertz CT molecular complexity index is 360. The van der Waals surface area contributed by atoms with E-state index in [9.17, 15) is 4.79 Å². The highest BCUT2D eigenvalue weighted by Gasteiger charge is 2.20. The van der Waals surface area contributed by atoms with Gasteiger partial charge in [-0.05, 0) is 24.4 Å². The minimum absolute atomic E-state index is 0.497. The first-order valence-corrected chi connectivity index (χ1v) is 4.26. The van der Waals surface area contributed by atoms with E-state index in [0.717, 1.165) is 0 Å². The Labute approximate surface area is 86.6 Å². The summed E-state index contributed by atoms with van der Waals surface area (Å²) < 4.78 is 4.56. The average molecular weight is 208 g/mol. The summed E-state index contributed by atoms with van der Waals surface area (Å²) in [4.78, 5) is 18.9. The third-order valence-corrected chi connectivity index (χ3v) is 1.68. The number of isothiocyanates is 1. The lowest BCUT2D eigenvalue weighted by Crippen LogP contribution is -2.13. The second-order valence-corrected chi connectivity index (χ2v) is 2.58. The molecule has 0 spiro atoms. The van der Waals surface area contributed by atoms with E-state index in [0.29, 0.717) is 5.69 Å². The maximum atomic E-state index is 11.3. The van der Waals surface area contributed by atoms with Crippen LogP contribution >= 0.6 is 12.2 Å². The summed E-state index contributed by atoms with van der Waals surface area (Å²) in [7, 11) is 1.29. The minimum atomic E-state index is -0.807. The zero-order valence-electron chi connectivity index (χ0n) is 7.51. The summed E-state index contributed by atoms with van der Waals surface area (Å²) in [5.74, 6) is -0.499. The van der Waals surface area contributed by atoms with Crippen molar-refractivity contribution in [2.75, 3.05) is 7.11 Å². The molecule has 0 aliphatic rings. The van der Waals surface area contributed by atoms with E-state index in [2.05, 4.69) is 32.1 Å². The van der Waals surface area contributed by atoms with Gasteiger partial charge in [-0.2, -0.15) is 0 Å². The van der Waals surface area contributed by atoms with Gasteiger partial charge in [-0.15, -0.1) is 0 Å². The van der Waals surface area contributed by atoms with Crippen LogP contribution in [0.5, 0.6) is 0 Å². The molecular formula is C9H8N2O2S. The number of thiocarbonyl (C=S) groups is 1. The third kappa shape index (κ3) is 2.45. The van der Waals surface area contributed by atoms with Gasteiger partial charge >= 0.3 is 5.97 Å². The molecule has 0 amide bonds. The van der Waals surface area contributed by atoms with Crippen LogP contribution in [0.1, 0.15) is 11.7 Å². The van der Waals surface area contributed by atoms with E-state index in [1.807, 2.05) is 0 Å². The molecule has 0 bridgehead atoms. The summed E-state index contributed by atoms with van der Waals surface area (Å²) in [6.07, 6.45) is 1.57. The summed E-state index contributed by atoms with van der Waals surface area (Å²) in [6.45, 7) is 0. The summed E-state index contributed by atoms with van der Waals surface area (Å²) >= 11 is 4.44. The Morgan fingerprint density at radius 2 is 2.50 bits per heavy atom. The van der Waals surface area contributed by atoms with Crippen LogP contribution in [0.3, 0.4) is 0 Å². The first kappa shape index (κ1) is 10.5. The predicted octanol–water partition coefficient (Wildman–Crippen LogP) is 1.40. The van der Waals surface area contributed by atoms with Gasteiger partial charge in [0.25, 0.3) is 0 Å². The Morgan fingerprint density at radius 1 is 1.71 bits per heavy atom. The number of hydrogen-bond donors (Lipinski definition) is 0. The number of esters is 1. The Hall–Kier alpha value is -1.58. The van der Waals surface area contributed by atoms with Gasteiger partial charge < -0.3 is 4.74 Å². The maximum Gasteiger partial charge on any atom is 0.337 e. The second-order valence-electron chi connectivity index (χ2n) is 2.40. The third-order valence-electron chi connectivity index (χ3n) is 1.57. The number of aliphatic imine (C=N–C) groups is 1. The molecule has 0 aliphatic heterocycles. The van der Waals surface area contributed by atoms with Crippen LogP contribution in [0.15, 0.2) is 29.4 Å². The molecule has 1 unspecified atom stereocenters. The van der Waals surface area contributed by atoms with Crippen LogP contribution in [-0.4, -0.2) is 23.2 Å². The van der Waals surface area contributed by atoms with Crippen molar-refractivity contribution in [1.29, 1.82) is 0 Å². The molecule has 1 rings (SSSR count). The summed E-state index contributed by atoms with van der Waals surface area (Å²) in [5.41, 5.74) is 0.497. The largest absolute Gasteiger partial charge is 0.467 e. The Morgan fingerprint density at radius 3 is 3.00 bits per heavy atom. The quantitative estimate of drug-likeness (QED) is 0.428. The molecule has 0 aliphatic carbocycles. The van der Waals surface area contributed by atoms with Gasteiger partial charge in [-0.25, -0.2) is 9.79 Å². The van der Waals surface area contributed by atoms with Crippen molar-refractivity contribution in [2.45, 2.75) is 6.04 Å². The fraction of sp³-hybridized carbons (Fsp3) is 0.222. The Balaban J connectivity index is 3.00. The van der Waals surface area contributed by atoms with Crippen molar-refractivity contribution in [2.24, 2.45) is 4.99 Å². The van der Waals surface area contributed by atoms with Crippen molar-refractivity contribution in [1.82, 2.24) is 4.98 Å². The van der Waals surface area contributed by atoms with Gasteiger partial charge in [0.15, 0.2) is 6.04 Å². The first-order chi connectivity index (χ1) is 6.79. The highest BCUT2D eigenvalue weighted by molar-refractivity contribution is 7.78. The van der Waals surface area contributed by atoms with Crippen LogP contribution in [0.25, 0.3) is 0 Å². The van der Waals surface area contributed by atoms with E-state index in [1.165, 1.54) is 7.11 Å². The molecule has 0 aromatic carbocycles. The van der Waals surface area contributed by atoms with Crippen molar-refractivity contribution in [3.05, 3.63) is 30.1 Å². The van der Waals surface area contributed by atoms with Crippen LogP contribution < -0.4 is 0 Å². The molecule has 14 heavy (non-hydrogen) atoms. The molecule has 0 radical (unpaired) electrons. The van der Waals surface area contributed by atoms with Crippen molar-refractivity contribution >= 4 is 23.3 Å². The smallest absolute Gasteiger partial charge is 0.337 e. The lowest BCUT2D eigenvalue weighted by molar-refractivity contribution is -0.142. The van der Waals surface area contributed by atoms with Gasteiger partial charge in [0, 0.05) is 6.20 Å². The molecule has 1 atom stereocenters. The number of ether oxygens (including phenoxy) is 1. The predicted molar refractivity (Wildman–Crippen MR) is 54.0 cm³/mol. The van der Waals surface area contributed by atoms with Crippen LogP contribution in [0, 0.1) is 0 Å². The van der Waals surface area contributed by atoms with E-state index in [4.69, 9.17) is 0 Å². The molecule has 5 heteroatoms. The molecule has 72 valence electrons. The summed E-state index contributed by atoms with van der Waals surface area (Å²) in [5, 5.41) is 2.15. The number of methoxy groups -OCH3 is 1. The van der Waals surface area contributed by atoms with Gasteiger partial charge in [0.2, 0.25) is 0 Å². The SMILES string of the molecule is COC(=O)C(N=C=S)c1ccccn1. The van der Waals surface area contributed by atoms with E-state index in [1.54, 1.807) is 24.4 Å². The Kier molecular flexibility index (Phi) is 3.91. The number of hydrogen-bond acceptors (Lipinski definition) is 5. The van der Waals surface area contributed by atoms with Crippen molar-refractivity contribution in [3.63, 3.8) is 0 Å². The number of carbonyl (C=O) groups excluding carboxylic acids is 1. The average Bonchev–Trinajstić information content (AvgIpc) is 2.26. The molecule has 0 N–H and O–H groups in total. The molecular weight excluding hydrogens is 200 g/mol. The highest BCUT2D eigenvalue weighted by Crippen LogP contribution is 2.15. The zero-order chi connectivity index (χ0) is 10.4. The molecule has 1 aromatic heterocycles.